The summed E-state index contributed by atoms with van der Waals surface area (Å²) in [5.41, 5.74) is 0.185. The number of nitrogens with one attached hydrogen (secondary N) is 1. The molecule has 0 saturated heterocycles. The molecule has 94 valence electrons. The summed E-state index contributed by atoms with van der Waals surface area (Å²) in [6.07, 6.45) is -0.538. The number of nitrogens with zero attached hydrogens (tertiary/aromatic N) is 2. The van der Waals surface area contributed by atoms with E-state index in [0.717, 1.165) is 0 Å². The molecule has 0 atom stereocenters. The number of hydrogen-bond donors (Lipinski definition) is 1. The molecule has 17 heavy (non-hydrogen) atoms. The predicted molar refractivity (Wildman–Crippen MR) is 58.4 cm³/mol. The van der Waals surface area contributed by atoms with Gasteiger partial charge in [0.25, 0.3) is 5.91 Å². The third-order valence-electron chi connectivity index (χ3n) is 1.85. The monoisotopic (exact) mass is 241 g/mol. The van der Waals surface area contributed by atoms with Crippen LogP contribution in [-0.4, -0.2) is 42.7 Å². The van der Waals surface area contributed by atoms with Crippen molar-refractivity contribution in [2.45, 2.75) is 13.5 Å². The third-order valence-corrected chi connectivity index (χ3v) is 1.85. The average molecular weight is 241 g/mol. The van der Waals surface area contributed by atoms with Crippen LogP contribution < -0.4 is 5.32 Å². The van der Waals surface area contributed by atoms with Gasteiger partial charge in [-0.05, 0) is 6.92 Å². The SMILES string of the molecule is CCNC(=O)OCc1cc(C(=O)N(C)C)no1. The van der Waals surface area contributed by atoms with Gasteiger partial charge in [-0.2, -0.15) is 0 Å². The van der Waals surface area contributed by atoms with E-state index in [9.17, 15) is 9.59 Å². The molecule has 1 N–H and O–H groups in total. The Morgan fingerprint density at radius 1 is 1.53 bits per heavy atom. The van der Waals surface area contributed by atoms with Gasteiger partial charge >= 0.3 is 6.09 Å². The largest absolute Gasteiger partial charge is 0.441 e. The van der Waals surface area contributed by atoms with Crippen molar-refractivity contribution in [2.24, 2.45) is 0 Å². The normalized spacial score (nSPS) is 9.82. The molecular weight excluding hydrogens is 226 g/mol. The standard InChI is InChI=1S/C10H15N3O4/c1-4-11-10(15)16-6-7-5-8(12-17-7)9(14)13(2)3/h5H,4,6H2,1-3H3,(H,11,15). The fourth-order valence-corrected chi connectivity index (χ4v) is 1.04. The Bertz CT molecular complexity index is 400. The highest BCUT2D eigenvalue weighted by atomic mass is 16.6. The van der Waals surface area contributed by atoms with Crippen LogP contribution >= 0.6 is 0 Å². The summed E-state index contributed by atoms with van der Waals surface area (Å²) in [4.78, 5) is 23.9. The summed E-state index contributed by atoms with van der Waals surface area (Å²) in [5, 5.41) is 6.05. The molecule has 7 heteroatoms. The van der Waals surface area contributed by atoms with Gasteiger partial charge in [0.2, 0.25) is 0 Å². The van der Waals surface area contributed by atoms with Crippen LogP contribution in [0.2, 0.25) is 0 Å². The minimum absolute atomic E-state index is 0.0560. The van der Waals surface area contributed by atoms with Crippen LogP contribution in [0, 0.1) is 0 Å². The van der Waals surface area contributed by atoms with Crippen molar-refractivity contribution < 1.29 is 18.8 Å². The minimum Gasteiger partial charge on any atom is -0.441 e. The first kappa shape index (κ1) is 13.0. The average Bonchev–Trinajstić information content (AvgIpc) is 2.74. The highest BCUT2D eigenvalue weighted by molar-refractivity contribution is 5.91. The molecule has 2 amide bonds. The molecule has 1 aromatic rings. The van der Waals surface area contributed by atoms with Crippen LogP contribution in [-0.2, 0) is 11.3 Å². The summed E-state index contributed by atoms with van der Waals surface area (Å²) in [5.74, 6) is 0.0551. The minimum atomic E-state index is -0.538. The number of carbonyl (C=O) groups excluding carboxylic acids is 2. The van der Waals surface area contributed by atoms with E-state index in [-0.39, 0.29) is 18.2 Å². The maximum atomic E-state index is 11.5. The van der Waals surface area contributed by atoms with Gasteiger partial charge in [0.05, 0.1) is 0 Å². The summed E-state index contributed by atoms with van der Waals surface area (Å²) >= 11 is 0. The number of amides is 2. The van der Waals surface area contributed by atoms with E-state index >= 15 is 0 Å². The van der Waals surface area contributed by atoms with Crippen molar-refractivity contribution >= 4 is 12.0 Å². The molecule has 0 aliphatic carbocycles. The molecule has 1 heterocycles. The van der Waals surface area contributed by atoms with Crippen molar-refractivity contribution in [1.82, 2.24) is 15.4 Å². The maximum Gasteiger partial charge on any atom is 0.407 e. The van der Waals surface area contributed by atoms with Gasteiger partial charge in [0, 0.05) is 26.7 Å². The van der Waals surface area contributed by atoms with Gasteiger partial charge in [0.15, 0.2) is 18.1 Å². The summed E-state index contributed by atoms with van der Waals surface area (Å²) in [7, 11) is 3.23. The number of hydrogen-bond acceptors (Lipinski definition) is 5. The Morgan fingerprint density at radius 2 is 2.24 bits per heavy atom. The van der Waals surface area contributed by atoms with Crippen molar-refractivity contribution in [1.29, 1.82) is 0 Å². The number of ether oxygens (including phenoxy) is 1. The van der Waals surface area contributed by atoms with Gasteiger partial charge in [-0.25, -0.2) is 4.79 Å². The number of aromatic nitrogens is 1. The first-order valence-electron chi connectivity index (χ1n) is 5.12. The molecule has 0 aliphatic rings. The van der Waals surface area contributed by atoms with Gasteiger partial charge < -0.3 is 19.5 Å². The molecule has 0 fully saturated rings. The summed E-state index contributed by atoms with van der Waals surface area (Å²) in [6.45, 7) is 2.21. The first-order chi connectivity index (χ1) is 8.04. The van der Waals surface area contributed by atoms with Gasteiger partial charge in [-0.3, -0.25) is 4.79 Å². The molecule has 0 unspecified atom stereocenters. The van der Waals surface area contributed by atoms with E-state index in [1.807, 2.05) is 0 Å². The van der Waals surface area contributed by atoms with Crippen LogP contribution in [0.5, 0.6) is 0 Å². The van der Waals surface area contributed by atoms with Gasteiger partial charge in [0.1, 0.15) is 0 Å². The molecule has 0 saturated carbocycles. The van der Waals surface area contributed by atoms with Crippen molar-refractivity contribution in [3.63, 3.8) is 0 Å². The molecular formula is C10H15N3O4. The molecule has 0 spiro atoms. The van der Waals surface area contributed by atoms with E-state index in [1.54, 1.807) is 21.0 Å². The lowest BCUT2D eigenvalue weighted by molar-refractivity contribution is 0.0816. The Balaban J connectivity index is 2.51. The lowest BCUT2D eigenvalue weighted by atomic mass is 10.3. The van der Waals surface area contributed by atoms with Crippen molar-refractivity contribution in [2.75, 3.05) is 20.6 Å². The second kappa shape index (κ2) is 5.88. The lowest BCUT2D eigenvalue weighted by Crippen LogP contribution is -2.23. The van der Waals surface area contributed by atoms with E-state index in [4.69, 9.17) is 9.26 Å². The lowest BCUT2D eigenvalue weighted by Gasteiger charge is -2.05. The fourth-order valence-electron chi connectivity index (χ4n) is 1.04. The third kappa shape index (κ3) is 3.78. The van der Waals surface area contributed by atoms with Gasteiger partial charge in [-0.15, -0.1) is 0 Å². The molecule has 1 rings (SSSR count). The van der Waals surface area contributed by atoms with Crippen LogP contribution in [0.1, 0.15) is 23.2 Å². The highest BCUT2D eigenvalue weighted by Gasteiger charge is 2.14. The molecule has 0 bridgehead atoms. The predicted octanol–water partition coefficient (Wildman–Crippen LogP) is 0.623. The van der Waals surface area contributed by atoms with Crippen LogP contribution in [0.3, 0.4) is 0 Å². The van der Waals surface area contributed by atoms with E-state index in [1.165, 1.54) is 11.0 Å². The summed E-state index contributed by atoms with van der Waals surface area (Å²) < 4.78 is 9.68. The Morgan fingerprint density at radius 3 is 2.82 bits per heavy atom. The second-order valence-electron chi connectivity index (χ2n) is 3.48. The van der Waals surface area contributed by atoms with Crippen LogP contribution in [0.25, 0.3) is 0 Å². The smallest absolute Gasteiger partial charge is 0.407 e. The topological polar surface area (TPSA) is 84.7 Å². The number of carbonyl (C=O) groups is 2. The zero-order valence-electron chi connectivity index (χ0n) is 10.0. The molecule has 1 aromatic heterocycles. The van der Waals surface area contributed by atoms with Crippen LogP contribution in [0.15, 0.2) is 10.6 Å². The Hall–Kier alpha value is -2.05. The molecule has 0 aliphatic heterocycles. The molecule has 0 radical (unpaired) electrons. The first-order valence-corrected chi connectivity index (χ1v) is 5.12. The quantitative estimate of drug-likeness (QED) is 0.835. The van der Waals surface area contributed by atoms with Crippen LogP contribution in [0.4, 0.5) is 4.79 Å². The molecule has 7 nitrogen and oxygen atoms in total. The Labute approximate surface area is 98.7 Å². The number of alkyl carbamates (subject to hydrolysis) is 1. The van der Waals surface area contributed by atoms with E-state index < -0.39 is 6.09 Å². The van der Waals surface area contributed by atoms with Crippen molar-refractivity contribution in [3.8, 4) is 0 Å². The van der Waals surface area contributed by atoms with E-state index in [2.05, 4.69) is 10.5 Å². The number of rotatable bonds is 4. The zero-order chi connectivity index (χ0) is 12.8. The Kier molecular flexibility index (Phi) is 4.50. The highest BCUT2D eigenvalue weighted by Crippen LogP contribution is 2.06. The molecule has 0 aromatic carbocycles. The van der Waals surface area contributed by atoms with Crippen molar-refractivity contribution in [3.05, 3.63) is 17.5 Å². The maximum absolute atomic E-state index is 11.5. The zero-order valence-corrected chi connectivity index (χ0v) is 10.0. The summed E-state index contributed by atoms with van der Waals surface area (Å²) in [6, 6.07) is 1.45. The van der Waals surface area contributed by atoms with Gasteiger partial charge in [-0.1, -0.05) is 5.16 Å². The fraction of sp³-hybridized carbons (Fsp3) is 0.500. The second-order valence-corrected chi connectivity index (χ2v) is 3.48. The van der Waals surface area contributed by atoms with E-state index in [0.29, 0.717) is 12.3 Å².